The molecular weight excluding hydrogens is 288 g/mol. The van der Waals surface area contributed by atoms with Gasteiger partial charge in [0.2, 0.25) is 0 Å². The zero-order valence-electron chi connectivity index (χ0n) is 12.4. The van der Waals surface area contributed by atoms with Gasteiger partial charge in [-0.2, -0.15) is 0 Å². The van der Waals surface area contributed by atoms with Crippen molar-refractivity contribution in [3.63, 3.8) is 0 Å². The van der Waals surface area contributed by atoms with Gasteiger partial charge in [0.25, 0.3) is 0 Å². The molecule has 2 aromatic rings. The van der Waals surface area contributed by atoms with Gasteiger partial charge in [0, 0.05) is 0 Å². The van der Waals surface area contributed by atoms with Crippen LogP contribution < -0.4 is 4.74 Å². The molecule has 0 saturated carbocycles. The van der Waals surface area contributed by atoms with Crippen molar-refractivity contribution in [3.8, 4) is 5.75 Å². The van der Waals surface area contributed by atoms with E-state index in [0.717, 1.165) is 0 Å². The van der Waals surface area contributed by atoms with E-state index in [1.807, 2.05) is 0 Å². The maximum absolute atomic E-state index is 11.5. The van der Waals surface area contributed by atoms with Crippen LogP contribution in [0.25, 0.3) is 0 Å². The fraction of sp³-hybridized carbons (Fsp3) is 0.333. The minimum absolute atomic E-state index is 0.0481. The van der Waals surface area contributed by atoms with Gasteiger partial charge in [-0.3, -0.25) is 0 Å². The maximum atomic E-state index is 11.5. The number of hydrogen-bond donors (Lipinski definition) is 2. The molecular formula is C15H18N2O5. The molecule has 0 fully saturated rings. The van der Waals surface area contributed by atoms with E-state index >= 15 is 0 Å². The molecule has 0 unspecified atom stereocenters. The number of carbonyl (C=O) groups is 1. The van der Waals surface area contributed by atoms with Crippen LogP contribution in [0.4, 0.5) is 0 Å². The first-order valence-corrected chi connectivity index (χ1v) is 6.65. The molecule has 1 atom stereocenters. The summed E-state index contributed by atoms with van der Waals surface area (Å²) in [5.41, 5.74) is 1.05. The Kier molecular flexibility index (Phi) is 5.13. The largest absolute Gasteiger partial charge is 0.497 e. The molecule has 7 nitrogen and oxygen atoms in total. The second-order valence-electron chi connectivity index (χ2n) is 4.63. The summed E-state index contributed by atoms with van der Waals surface area (Å²) in [6, 6.07) is 7.00. The Morgan fingerprint density at radius 1 is 1.32 bits per heavy atom. The zero-order valence-corrected chi connectivity index (χ0v) is 12.4. The summed E-state index contributed by atoms with van der Waals surface area (Å²) in [6.45, 7) is -0.216. The zero-order chi connectivity index (χ0) is 16.1. The number of aliphatic hydroxyl groups excluding tert-OH is 2. The van der Waals surface area contributed by atoms with Crippen molar-refractivity contribution in [2.24, 2.45) is 0 Å². The molecule has 0 amide bonds. The van der Waals surface area contributed by atoms with E-state index in [1.165, 1.54) is 18.0 Å². The number of aromatic nitrogens is 2. The van der Waals surface area contributed by atoms with E-state index in [-0.39, 0.29) is 18.8 Å². The monoisotopic (exact) mass is 306 g/mol. The summed E-state index contributed by atoms with van der Waals surface area (Å²) in [5, 5.41) is 19.7. The van der Waals surface area contributed by atoms with E-state index in [4.69, 9.17) is 4.74 Å². The summed E-state index contributed by atoms with van der Waals surface area (Å²) in [6.07, 6.45) is 0.584. The Morgan fingerprint density at radius 3 is 2.55 bits per heavy atom. The highest BCUT2D eigenvalue weighted by Crippen LogP contribution is 2.20. The number of rotatable bonds is 6. The van der Waals surface area contributed by atoms with E-state index in [2.05, 4.69) is 9.72 Å². The predicted octanol–water partition coefficient (Wildman–Crippen LogP) is 0.904. The lowest BCUT2D eigenvalue weighted by Gasteiger charge is -2.14. The molecule has 118 valence electrons. The normalized spacial score (nSPS) is 12.0. The number of ether oxygens (including phenoxy) is 2. The number of aliphatic hydroxyl groups is 2. The number of hydrogen-bond acceptors (Lipinski definition) is 6. The molecule has 2 N–H and O–H groups in total. The van der Waals surface area contributed by atoms with E-state index in [1.54, 1.807) is 31.4 Å². The molecule has 22 heavy (non-hydrogen) atoms. The Hall–Kier alpha value is -2.38. The van der Waals surface area contributed by atoms with E-state index in [9.17, 15) is 15.0 Å². The van der Waals surface area contributed by atoms with Crippen LogP contribution in [0.5, 0.6) is 5.75 Å². The van der Waals surface area contributed by atoms with Crippen molar-refractivity contribution < 1.29 is 24.5 Å². The molecule has 0 aliphatic heterocycles. The minimum Gasteiger partial charge on any atom is -0.497 e. The van der Waals surface area contributed by atoms with Gasteiger partial charge >= 0.3 is 5.97 Å². The maximum Gasteiger partial charge on any atom is 0.358 e. The van der Waals surface area contributed by atoms with Gasteiger partial charge in [-0.05, 0) is 17.7 Å². The molecule has 0 spiro atoms. The van der Waals surface area contributed by atoms with Gasteiger partial charge in [-0.1, -0.05) is 12.1 Å². The Labute approximate surface area is 127 Å². The summed E-state index contributed by atoms with van der Waals surface area (Å²) in [5.74, 6) is 0.0735. The SMILES string of the molecule is COC(=O)c1ncn(C[C@H](O)c2ccc(OC)cc2)c1CO. The minimum atomic E-state index is -0.809. The third-order valence-corrected chi connectivity index (χ3v) is 3.34. The van der Waals surface area contributed by atoms with Crippen LogP contribution in [0, 0.1) is 0 Å². The average Bonchev–Trinajstić information content (AvgIpc) is 2.96. The smallest absolute Gasteiger partial charge is 0.358 e. The number of benzene rings is 1. The lowest BCUT2D eigenvalue weighted by atomic mass is 10.1. The second kappa shape index (κ2) is 7.06. The Morgan fingerprint density at radius 2 is 2.00 bits per heavy atom. The number of methoxy groups -OCH3 is 2. The quantitative estimate of drug-likeness (QED) is 0.770. The second-order valence-corrected chi connectivity index (χ2v) is 4.63. The van der Waals surface area contributed by atoms with Gasteiger partial charge in [0.1, 0.15) is 5.75 Å². The molecule has 1 aromatic carbocycles. The van der Waals surface area contributed by atoms with Crippen LogP contribution in [0.2, 0.25) is 0 Å². The standard InChI is InChI=1S/C15H18N2O5/c1-21-11-5-3-10(4-6-11)13(19)7-17-9-16-14(12(17)8-18)15(20)22-2/h3-6,9,13,18-19H,7-8H2,1-2H3/t13-/m0/s1. The molecule has 0 aliphatic carbocycles. The fourth-order valence-electron chi connectivity index (χ4n) is 2.12. The van der Waals surface area contributed by atoms with Crippen LogP contribution in [0.3, 0.4) is 0 Å². The first-order valence-electron chi connectivity index (χ1n) is 6.65. The van der Waals surface area contributed by atoms with E-state index in [0.29, 0.717) is 17.0 Å². The van der Waals surface area contributed by atoms with Gasteiger partial charge in [0.15, 0.2) is 5.69 Å². The van der Waals surface area contributed by atoms with Crippen LogP contribution in [-0.2, 0) is 17.9 Å². The highest BCUT2D eigenvalue weighted by molar-refractivity contribution is 5.88. The summed E-state index contributed by atoms with van der Waals surface area (Å²) >= 11 is 0. The van der Waals surface area contributed by atoms with Gasteiger partial charge in [-0.15, -0.1) is 0 Å². The summed E-state index contributed by atoms with van der Waals surface area (Å²) in [7, 11) is 2.81. The molecule has 0 saturated heterocycles. The van der Waals surface area contributed by atoms with Crippen molar-refractivity contribution in [3.05, 3.63) is 47.5 Å². The first-order chi connectivity index (χ1) is 10.6. The number of imidazole rings is 1. The third kappa shape index (κ3) is 3.26. The molecule has 1 aromatic heterocycles. The van der Waals surface area contributed by atoms with Gasteiger partial charge < -0.3 is 24.3 Å². The van der Waals surface area contributed by atoms with Crippen LogP contribution in [0.15, 0.2) is 30.6 Å². The van der Waals surface area contributed by atoms with Gasteiger partial charge in [0.05, 0.1) is 45.5 Å². The topological polar surface area (TPSA) is 93.8 Å². The average molecular weight is 306 g/mol. The Bertz CT molecular complexity index is 636. The van der Waals surface area contributed by atoms with Crippen molar-refractivity contribution in [1.29, 1.82) is 0 Å². The van der Waals surface area contributed by atoms with Crippen molar-refractivity contribution in [2.75, 3.05) is 14.2 Å². The molecule has 7 heteroatoms. The molecule has 0 aliphatic rings. The van der Waals surface area contributed by atoms with Crippen molar-refractivity contribution in [1.82, 2.24) is 9.55 Å². The van der Waals surface area contributed by atoms with Crippen molar-refractivity contribution >= 4 is 5.97 Å². The molecule has 1 heterocycles. The van der Waals surface area contributed by atoms with Crippen molar-refractivity contribution in [2.45, 2.75) is 19.3 Å². The molecule has 0 radical (unpaired) electrons. The molecule has 2 rings (SSSR count). The summed E-state index contributed by atoms with van der Waals surface area (Å²) in [4.78, 5) is 15.5. The number of esters is 1. The third-order valence-electron chi connectivity index (χ3n) is 3.34. The fourth-order valence-corrected chi connectivity index (χ4v) is 2.12. The highest BCUT2D eigenvalue weighted by Gasteiger charge is 2.19. The number of nitrogens with zero attached hydrogens (tertiary/aromatic N) is 2. The van der Waals surface area contributed by atoms with Crippen LogP contribution in [-0.4, -0.2) is 40.0 Å². The summed E-state index contributed by atoms with van der Waals surface area (Å²) < 4.78 is 11.2. The van der Waals surface area contributed by atoms with Crippen LogP contribution >= 0.6 is 0 Å². The highest BCUT2D eigenvalue weighted by atomic mass is 16.5. The Balaban J connectivity index is 2.18. The lowest BCUT2D eigenvalue weighted by Crippen LogP contribution is -2.13. The van der Waals surface area contributed by atoms with E-state index < -0.39 is 12.1 Å². The van der Waals surface area contributed by atoms with Gasteiger partial charge in [-0.25, -0.2) is 9.78 Å². The lowest BCUT2D eigenvalue weighted by molar-refractivity contribution is 0.0589. The van der Waals surface area contributed by atoms with Crippen LogP contribution in [0.1, 0.15) is 27.8 Å². The predicted molar refractivity (Wildman–Crippen MR) is 77.4 cm³/mol. The first kappa shape index (κ1) is 16.0. The number of carbonyl (C=O) groups excluding carboxylic acids is 1. The molecule has 0 bridgehead atoms.